The van der Waals surface area contributed by atoms with Crippen LogP contribution in [0.5, 0.6) is 0 Å². The molecule has 3 aliphatic carbocycles. The molecule has 3 nitrogen and oxygen atoms in total. The Labute approximate surface area is 115 Å². The SMILES string of the molecule is Cc1cc(C(C)C)nc(NC2C3C4CCC(C4)C23)n1. The Balaban J connectivity index is 1.52. The normalized spacial score (nSPS) is 38.6. The van der Waals surface area contributed by atoms with E-state index in [1.165, 1.54) is 19.3 Å². The lowest BCUT2D eigenvalue weighted by molar-refractivity contribution is 0.456. The van der Waals surface area contributed by atoms with Crippen LogP contribution in [0.4, 0.5) is 5.95 Å². The van der Waals surface area contributed by atoms with Gasteiger partial charge < -0.3 is 5.32 Å². The highest BCUT2D eigenvalue weighted by molar-refractivity contribution is 5.36. The van der Waals surface area contributed by atoms with Crippen LogP contribution >= 0.6 is 0 Å². The van der Waals surface area contributed by atoms with E-state index in [1.807, 2.05) is 0 Å². The van der Waals surface area contributed by atoms with Crippen LogP contribution in [0, 0.1) is 30.6 Å². The van der Waals surface area contributed by atoms with Gasteiger partial charge in [0.25, 0.3) is 0 Å². The van der Waals surface area contributed by atoms with E-state index in [0.29, 0.717) is 12.0 Å². The van der Waals surface area contributed by atoms with Crippen molar-refractivity contribution in [1.82, 2.24) is 9.97 Å². The summed E-state index contributed by atoms with van der Waals surface area (Å²) in [5.74, 6) is 5.21. The van der Waals surface area contributed by atoms with Crippen molar-refractivity contribution in [2.45, 2.75) is 52.0 Å². The van der Waals surface area contributed by atoms with Crippen LogP contribution in [-0.2, 0) is 0 Å². The zero-order chi connectivity index (χ0) is 13.1. The minimum atomic E-state index is 0.470. The van der Waals surface area contributed by atoms with E-state index in [2.05, 4.69) is 42.1 Å². The zero-order valence-corrected chi connectivity index (χ0v) is 12.1. The first kappa shape index (κ1) is 11.7. The van der Waals surface area contributed by atoms with Gasteiger partial charge in [0.05, 0.1) is 0 Å². The molecule has 3 aliphatic rings. The Morgan fingerprint density at radius 2 is 1.84 bits per heavy atom. The highest BCUT2D eigenvalue weighted by Crippen LogP contribution is 2.66. The largest absolute Gasteiger partial charge is 0.351 e. The minimum absolute atomic E-state index is 0.470. The van der Waals surface area contributed by atoms with E-state index in [4.69, 9.17) is 0 Å². The molecule has 3 heteroatoms. The van der Waals surface area contributed by atoms with E-state index in [9.17, 15) is 0 Å². The number of fused-ring (bicyclic) bond motifs is 5. The standard InChI is InChI=1S/C16H23N3/c1-8(2)12-6-9(3)17-16(18-12)19-15-13-10-4-5-11(7-10)14(13)15/h6,8,10-11,13-15H,4-5,7H2,1-3H3,(H,17,18,19). The number of rotatable bonds is 3. The highest BCUT2D eigenvalue weighted by atomic mass is 15.2. The van der Waals surface area contributed by atoms with Crippen molar-refractivity contribution in [3.63, 3.8) is 0 Å². The molecule has 4 atom stereocenters. The van der Waals surface area contributed by atoms with Crippen molar-refractivity contribution in [1.29, 1.82) is 0 Å². The maximum absolute atomic E-state index is 4.69. The smallest absolute Gasteiger partial charge is 0.223 e. The van der Waals surface area contributed by atoms with E-state index in [1.54, 1.807) is 0 Å². The van der Waals surface area contributed by atoms with Gasteiger partial charge in [-0.2, -0.15) is 0 Å². The van der Waals surface area contributed by atoms with Crippen LogP contribution in [0.2, 0.25) is 0 Å². The van der Waals surface area contributed by atoms with Crippen LogP contribution in [0.1, 0.15) is 50.4 Å². The van der Waals surface area contributed by atoms with Crippen molar-refractivity contribution in [3.05, 3.63) is 17.5 Å². The fraction of sp³-hybridized carbons (Fsp3) is 0.750. The highest BCUT2D eigenvalue weighted by Gasteiger charge is 2.65. The fourth-order valence-electron chi connectivity index (χ4n) is 4.62. The molecule has 0 aliphatic heterocycles. The minimum Gasteiger partial charge on any atom is -0.351 e. The van der Waals surface area contributed by atoms with Gasteiger partial charge in [-0.1, -0.05) is 13.8 Å². The summed E-state index contributed by atoms with van der Waals surface area (Å²) in [5, 5.41) is 3.63. The summed E-state index contributed by atoms with van der Waals surface area (Å²) < 4.78 is 0. The molecule has 0 saturated heterocycles. The van der Waals surface area contributed by atoms with Gasteiger partial charge in [0, 0.05) is 17.4 Å². The Morgan fingerprint density at radius 3 is 2.47 bits per heavy atom. The van der Waals surface area contributed by atoms with Gasteiger partial charge in [-0.3, -0.25) is 0 Å². The van der Waals surface area contributed by atoms with E-state index < -0.39 is 0 Å². The molecule has 4 rings (SSSR count). The quantitative estimate of drug-likeness (QED) is 0.902. The van der Waals surface area contributed by atoms with Gasteiger partial charge in [0.1, 0.15) is 0 Å². The summed E-state index contributed by atoms with van der Waals surface area (Å²) >= 11 is 0. The second-order valence-corrected chi connectivity index (χ2v) is 7.07. The van der Waals surface area contributed by atoms with Crippen LogP contribution in [-0.4, -0.2) is 16.0 Å². The van der Waals surface area contributed by atoms with Crippen molar-refractivity contribution in [2.24, 2.45) is 23.7 Å². The van der Waals surface area contributed by atoms with Gasteiger partial charge in [0.2, 0.25) is 5.95 Å². The topological polar surface area (TPSA) is 37.8 Å². The molecule has 1 heterocycles. The van der Waals surface area contributed by atoms with Gasteiger partial charge in [0.15, 0.2) is 0 Å². The van der Waals surface area contributed by atoms with Crippen molar-refractivity contribution >= 4 is 5.95 Å². The van der Waals surface area contributed by atoms with Crippen LogP contribution in [0.25, 0.3) is 0 Å². The average molecular weight is 257 g/mol. The van der Waals surface area contributed by atoms with Crippen LogP contribution in [0.15, 0.2) is 6.07 Å². The molecule has 0 spiro atoms. The number of hydrogen-bond acceptors (Lipinski definition) is 3. The summed E-state index contributed by atoms with van der Waals surface area (Å²) in [6, 6.07) is 2.78. The summed E-state index contributed by atoms with van der Waals surface area (Å²) in [7, 11) is 0. The fourth-order valence-corrected chi connectivity index (χ4v) is 4.62. The Morgan fingerprint density at radius 1 is 1.16 bits per heavy atom. The zero-order valence-electron chi connectivity index (χ0n) is 12.1. The van der Waals surface area contributed by atoms with Crippen molar-refractivity contribution < 1.29 is 0 Å². The predicted molar refractivity (Wildman–Crippen MR) is 76.1 cm³/mol. The second kappa shape index (κ2) is 3.94. The molecule has 102 valence electrons. The Bertz CT molecular complexity index is 495. The molecule has 0 aromatic carbocycles. The predicted octanol–water partition coefficient (Wildman–Crippen LogP) is 3.36. The Hall–Kier alpha value is -1.12. The third-order valence-corrected chi connectivity index (χ3v) is 5.50. The summed E-state index contributed by atoms with van der Waals surface area (Å²) in [5.41, 5.74) is 2.23. The first-order chi connectivity index (χ1) is 9.13. The van der Waals surface area contributed by atoms with E-state index in [0.717, 1.165) is 41.0 Å². The van der Waals surface area contributed by atoms with Gasteiger partial charge >= 0.3 is 0 Å². The molecule has 3 fully saturated rings. The average Bonchev–Trinajstić information content (AvgIpc) is 2.77. The lowest BCUT2D eigenvalue weighted by Gasteiger charge is -2.13. The summed E-state index contributed by atoms with van der Waals surface area (Å²) in [6.07, 6.45) is 4.44. The van der Waals surface area contributed by atoms with E-state index in [-0.39, 0.29) is 0 Å². The maximum atomic E-state index is 4.69. The monoisotopic (exact) mass is 257 g/mol. The van der Waals surface area contributed by atoms with Crippen LogP contribution < -0.4 is 5.32 Å². The number of nitrogens with one attached hydrogen (secondary N) is 1. The maximum Gasteiger partial charge on any atom is 0.223 e. The molecule has 3 saturated carbocycles. The number of hydrogen-bond donors (Lipinski definition) is 1. The second-order valence-electron chi connectivity index (χ2n) is 7.07. The van der Waals surface area contributed by atoms with Gasteiger partial charge in [-0.15, -0.1) is 0 Å². The molecule has 1 aromatic heterocycles. The summed E-state index contributed by atoms with van der Waals surface area (Å²) in [6.45, 7) is 6.45. The third-order valence-electron chi connectivity index (χ3n) is 5.50. The molecule has 0 radical (unpaired) electrons. The van der Waals surface area contributed by atoms with Gasteiger partial charge in [-0.05, 0) is 61.8 Å². The first-order valence-corrected chi connectivity index (χ1v) is 7.75. The van der Waals surface area contributed by atoms with Crippen LogP contribution in [0.3, 0.4) is 0 Å². The van der Waals surface area contributed by atoms with E-state index >= 15 is 0 Å². The first-order valence-electron chi connectivity index (χ1n) is 7.75. The number of aromatic nitrogens is 2. The molecule has 1 N–H and O–H groups in total. The lowest BCUT2D eigenvalue weighted by atomic mass is 10.0. The third kappa shape index (κ3) is 1.78. The molecule has 4 unspecified atom stereocenters. The number of anilines is 1. The van der Waals surface area contributed by atoms with Crippen molar-refractivity contribution in [3.8, 4) is 0 Å². The molecule has 0 amide bonds. The lowest BCUT2D eigenvalue weighted by Crippen LogP contribution is -2.15. The summed E-state index contributed by atoms with van der Waals surface area (Å²) in [4.78, 5) is 9.26. The number of aryl methyl sites for hydroxylation is 1. The Kier molecular flexibility index (Phi) is 2.42. The van der Waals surface area contributed by atoms with Crippen molar-refractivity contribution in [2.75, 3.05) is 5.32 Å². The molecule has 19 heavy (non-hydrogen) atoms. The molecular formula is C16H23N3. The molecule has 1 aromatic rings. The number of nitrogens with zero attached hydrogens (tertiary/aromatic N) is 2. The van der Waals surface area contributed by atoms with Gasteiger partial charge in [-0.25, -0.2) is 9.97 Å². The molecular weight excluding hydrogens is 234 g/mol. The molecule has 2 bridgehead atoms.